The van der Waals surface area contributed by atoms with E-state index in [0.29, 0.717) is 17.8 Å². The summed E-state index contributed by atoms with van der Waals surface area (Å²) in [5.74, 6) is -0.828. The molecule has 2 aliphatic heterocycles. The Kier molecular flexibility index (Phi) is 2.90. The zero-order valence-corrected chi connectivity index (χ0v) is 10.5. The molecule has 0 spiro atoms. The van der Waals surface area contributed by atoms with E-state index in [1.54, 1.807) is 24.3 Å². The molecule has 6 heteroatoms. The molecule has 1 aromatic carbocycles. The molecule has 3 rings (SSSR count). The van der Waals surface area contributed by atoms with Crippen molar-refractivity contribution in [1.29, 1.82) is 0 Å². The summed E-state index contributed by atoms with van der Waals surface area (Å²) in [6, 6.07) is 6.49. The number of nitrogens with two attached hydrogens (primary N) is 1. The number of benzene rings is 1. The number of amides is 2. The van der Waals surface area contributed by atoms with Gasteiger partial charge in [-0.05, 0) is 17.7 Å². The quantitative estimate of drug-likeness (QED) is 0.844. The highest BCUT2D eigenvalue weighted by Crippen LogP contribution is 2.33. The number of nitrogens with zero attached hydrogens (tertiary/aromatic N) is 2. The molecule has 20 heavy (non-hydrogen) atoms. The van der Waals surface area contributed by atoms with E-state index >= 15 is 0 Å². The Morgan fingerprint density at radius 2 is 2.05 bits per heavy atom. The molecule has 0 radical (unpaired) electrons. The monoisotopic (exact) mass is 268 g/mol. The van der Waals surface area contributed by atoms with Gasteiger partial charge in [0.1, 0.15) is 11.7 Å². The van der Waals surface area contributed by atoms with Crippen molar-refractivity contribution in [1.82, 2.24) is 5.32 Å². The van der Waals surface area contributed by atoms with E-state index < -0.39 is 5.91 Å². The van der Waals surface area contributed by atoms with Crippen LogP contribution < -0.4 is 11.1 Å². The van der Waals surface area contributed by atoms with E-state index in [2.05, 4.69) is 15.5 Å². The van der Waals surface area contributed by atoms with Gasteiger partial charge in [0.05, 0.1) is 0 Å². The number of primary amides is 1. The van der Waals surface area contributed by atoms with Crippen molar-refractivity contribution in [3.8, 4) is 0 Å². The zero-order valence-electron chi connectivity index (χ0n) is 10.5. The highest BCUT2D eigenvalue weighted by Gasteiger charge is 2.28. The van der Waals surface area contributed by atoms with Gasteiger partial charge in [0.25, 0.3) is 0 Å². The predicted molar refractivity (Wildman–Crippen MR) is 71.7 cm³/mol. The molecule has 0 aromatic heterocycles. The summed E-state index contributed by atoms with van der Waals surface area (Å²) < 4.78 is 0. The minimum absolute atomic E-state index is 0.339. The summed E-state index contributed by atoms with van der Waals surface area (Å²) in [4.78, 5) is 22.7. The summed E-state index contributed by atoms with van der Waals surface area (Å²) in [7, 11) is 0. The molecule has 2 heterocycles. The van der Waals surface area contributed by atoms with E-state index in [1.165, 1.54) is 0 Å². The fourth-order valence-electron chi connectivity index (χ4n) is 2.26. The first-order valence-corrected chi connectivity index (χ1v) is 6.16. The van der Waals surface area contributed by atoms with Gasteiger partial charge in [0.15, 0.2) is 0 Å². The summed E-state index contributed by atoms with van der Waals surface area (Å²) in [6.45, 7) is 0.605. The molecule has 3 N–H and O–H groups in total. The van der Waals surface area contributed by atoms with Crippen molar-refractivity contribution in [3.63, 3.8) is 0 Å². The van der Waals surface area contributed by atoms with Crippen LogP contribution in [0.3, 0.4) is 0 Å². The number of carbonyl (C=O) groups excluding carboxylic acids is 2. The van der Waals surface area contributed by atoms with E-state index in [-0.39, 0.29) is 11.9 Å². The SMILES string of the molecule is NC(=O)c1ccc(C2N=NC(=O)C3=C2C=CCN3)cc1. The molecule has 0 saturated carbocycles. The third-order valence-corrected chi connectivity index (χ3v) is 3.27. The molecular formula is C14H12N4O2. The normalized spacial score (nSPS) is 20.6. The molecule has 1 unspecified atom stereocenters. The average molecular weight is 268 g/mol. The van der Waals surface area contributed by atoms with Gasteiger partial charge in [-0.1, -0.05) is 24.3 Å². The number of azo groups is 1. The number of nitrogens with one attached hydrogen (secondary N) is 1. The molecule has 0 bridgehead atoms. The van der Waals surface area contributed by atoms with Crippen LogP contribution in [0.2, 0.25) is 0 Å². The second-order valence-electron chi connectivity index (χ2n) is 4.52. The van der Waals surface area contributed by atoms with Crippen molar-refractivity contribution in [3.05, 3.63) is 58.8 Å². The highest BCUT2D eigenvalue weighted by molar-refractivity contribution is 5.96. The van der Waals surface area contributed by atoms with Crippen LogP contribution in [0.15, 0.2) is 57.9 Å². The lowest BCUT2D eigenvalue weighted by Crippen LogP contribution is -2.27. The van der Waals surface area contributed by atoms with Gasteiger partial charge in [-0.15, -0.1) is 5.11 Å². The van der Waals surface area contributed by atoms with Crippen LogP contribution in [0.5, 0.6) is 0 Å². The summed E-state index contributed by atoms with van der Waals surface area (Å²) in [6.07, 6.45) is 3.81. The third kappa shape index (κ3) is 2.01. The first kappa shape index (κ1) is 12.3. The smallest absolute Gasteiger partial charge is 0.311 e. The van der Waals surface area contributed by atoms with Gasteiger partial charge in [-0.25, -0.2) is 0 Å². The fraction of sp³-hybridized carbons (Fsp3) is 0.143. The number of hydrogen-bond donors (Lipinski definition) is 2. The Bertz CT molecular complexity index is 671. The van der Waals surface area contributed by atoms with Gasteiger partial charge >= 0.3 is 5.91 Å². The highest BCUT2D eigenvalue weighted by atomic mass is 16.2. The zero-order chi connectivity index (χ0) is 14.1. The maximum absolute atomic E-state index is 11.7. The summed E-state index contributed by atoms with van der Waals surface area (Å²) in [5.41, 5.74) is 7.79. The third-order valence-electron chi connectivity index (χ3n) is 3.27. The van der Waals surface area contributed by atoms with Crippen LogP contribution in [0, 0.1) is 0 Å². The van der Waals surface area contributed by atoms with Gasteiger partial charge in [-0.2, -0.15) is 5.11 Å². The molecule has 0 fully saturated rings. The molecule has 100 valence electrons. The van der Waals surface area contributed by atoms with Gasteiger partial charge in [-0.3, -0.25) is 9.59 Å². The van der Waals surface area contributed by atoms with Crippen LogP contribution in [0.25, 0.3) is 0 Å². The minimum Gasteiger partial charge on any atom is -0.377 e. The number of carbonyl (C=O) groups is 2. The Hall–Kier alpha value is -2.76. The van der Waals surface area contributed by atoms with Crippen LogP contribution in [0.4, 0.5) is 0 Å². The van der Waals surface area contributed by atoms with Crippen molar-refractivity contribution in [2.45, 2.75) is 6.04 Å². The van der Waals surface area contributed by atoms with E-state index in [4.69, 9.17) is 5.73 Å². The molecule has 1 aromatic rings. The molecule has 1 atom stereocenters. The molecular weight excluding hydrogens is 256 g/mol. The second-order valence-corrected chi connectivity index (χ2v) is 4.52. The van der Waals surface area contributed by atoms with Crippen molar-refractivity contribution in [2.24, 2.45) is 16.0 Å². The largest absolute Gasteiger partial charge is 0.377 e. The Morgan fingerprint density at radius 1 is 1.30 bits per heavy atom. The maximum Gasteiger partial charge on any atom is 0.311 e. The number of hydrogen-bond acceptors (Lipinski definition) is 4. The molecule has 6 nitrogen and oxygen atoms in total. The predicted octanol–water partition coefficient (Wildman–Crippen LogP) is 1.23. The lowest BCUT2D eigenvalue weighted by molar-refractivity contribution is -0.115. The Labute approximate surface area is 115 Å². The van der Waals surface area contributed by atoms with Crippen LogP contribution >= 0.6 is 0 Å². The molecule has 0 aliphatic carbocycles. The van der Waals surface area contributed by atoms with Gasteiger partial charge < -0.3 is 11.1 Å². The minimum atomic E-state index is -0.476. The lowest BCUT2D eigenvalue weighted by Gasteiger charge is -2.23. The van der Waals surface area contributed by atoms with E-state index in [1.807, 2.05) is 12.2 Å². The molecule has 2 amide bonds. The molecule has 0 saturated heterocycles. The first-order valence-electron chi connectivity index (χ1n) is 6.16. The lowest BCUT2D eigenvalue weighted by atomic mass is 9.94. The average Bonchev–Trinajstić information content (AvgIpc) is 2.48. The number of dihydropyridines is 1. The topological polar surface area (TPSA) is 96.9 Å². The van der Waals surface area contributed by atoms with Crippen molar-refractivity contribution < 1.29 is 9.59 Å². The first-order chi connectivity index (χ1) is 9.66. The van der Waals surface area contributed by atoms with Gasteiger partial charge in [0, 0.05) is 17.7 Å². The van der Waals surface area contributed by atoms with Crippen molar-refractivity contribution in [2.75, 3.05) is 6.54 Å². The van der Waals surface area contributed by atoms with Crippen LogP contribution in [-0.4, -0.2) is 18.4 Å². The van der Waals surface area contributed by atoms with Crippen molar-refractivity contribution >= 4 is 11.8 Å². The van der Waals surface area contributed by atoms with Crippen LogP contribution in [0.1, 0.15) is 22.0 Å². The van der Waals surface area contributed by atoms with Gasteiger partial charge in [0.2, 0.25) is 5.91 Å². The summed E-state index contributed by atoms with van der Waals surface area (Å²) in [5, 5.41) is 10.7. The second kappa shape index (κ2) is 4.73. The Balaban J connectivity index is 1.99. The standard InChI is InChI=1S/C14H12N4O2/c15-13(19)9-5-3-8(4-6-9)11-10-2-1-7-16-12(10)14(20)18-17-11/h1-6,11,16H,7H2,(H2,15,19). The molecule has 2 aliphatic rings. The summed E-state index contributed by atoms with van der Waals surface area (Å²) >= 11 is 0. The van der Waals surface area contributed by atoms with E-state index in [9.17, 15) is 9.59 Å². The fourth-order valence-corrected chi connectivity index (χ4v) is 2.26. The Morgan fingerprint density at radius 3 is 2.75 bits per heavy atom. The van der Waals surface area contributed by atoms with E-state index in [0.717, 1.165) is 11.1 Å². The van der Waals surface area contributed by atoms with Crippen LogP contribution in [-0.2, 0) is 4.79 Å². The maximum atomic E-state index is 11.7. The number of rotatable bonds is 2.